The monoisotopic (exact) mass is 528 g/mol. The fraction of sp³-hybridized carbons (Fsp3) is 0.296. The molecule has 0 aromatic heterocycles. The molecule has 0 radical (unpaired) electrons. The molecule has 0 aliphatic rings. The molecule has 2 atom stereocenters. The molecule has 0 heterocycles. The Bertz CT molecular complexity index is 1350. The van der Waals surface area contributed by atoms with Crippen molar-refractivity contribution in [3.63, 3.8) is 0 Å². The van der Waals surface area contributed by atoms with Crippen LogP contribution in [0.1, 0.15) is 40.1 Å². The Balaban J connectivity index is 1.58. The highest BCUT2D eigenvalue weighted by atomic mass is 32.2. The molecule has 0 bridgehead atoms. The molecule has 3 aromatic rings. The smallest absolute Gasteiger partial charge is 0.335 e. The zero-order valence-corrected chi connectivity index (χ0v) is 22.0. The van der Waals surface area contributed by atoms with Crippen LogP contribution in [0.5, 0.6) is 11.5 Å². The number of carboxylic acids is 1. The number of aryl methyl sites for hydroxylation is 2. The Labute approximate surface area is 216 Å². The summed E-state index contributed by atoms with van der Waals surface area (Å²) >= 11 is 0. The largest absolute Gasteiger partial charge is 0.506 e. The predicted octanol–water partition coefficient (Wildman–Crippen LogP) is 3.84. The molecule has 10 heteroatoms. The van der Waals surface area contributed by atoms with Crippen LogP contribution in [0.25, 0.3) is 11.1 Å². The second-order valence-corrected chi connectivity index (χ2v) is 10.7. The number of aliphatic hydroxyl groups is 1. The number of aliphatic hydroxyl groups excluding tert-OH is 1. The maximum atomic E-state index is 11.5. The SMILES string of the molecule is Cc1cc(OCCN[C@@H](C)[C@H](O)c2ccc(O)c(NS(C)(=O)=O)c2)cc(C)c1-c1ccc(C(=O)O)cc1. The Morgan fingerprint density at radius 2 is 1.65 bits per heavy atom. The van der Waals surface area contributed by atoms with Gasteiger partial charge in [0.2, 0.25) is 10.0 Å². The molecule has 198 valence electrons. The molecule has 0 unspecified atom stereocenters. The first-order valence-corrected chi connectivity index (χ1v) is 13.5. The summed E-state index contributed by atoms with van der Waals surface area (Å²) in [7, 11) is -3.58. The highest BCUT2D eigenvalue weighted by Crippen LogP contribution is 2.32. The van der Waals surface area contributed by atoms with Crippen molar-refractivity contribution in [1.29, 1.82) is 0 Å². The highest BCUT2D eigenvalue weighted by molar-refractivity contribution is 7.92. The van der Waals surface area contributed by atoms with Gasteiger partial charge in [0.25, 0.3) is 0 Å². The lowest BCUT2D eigenvalue weighted by Crippen LogP contribution is -2.35. The maximum absolute atomic E-state index is 11.5. The summed E-state index contributed by atoms with van der Waals surface area (Å²) in [6.07, 6.45) is 0.0337. The van der Waals surface area contributed by atoms with Crippen LogP contribution in [0.3, 0.4) is 0 Å². The lowest BCUT2D eigenvalue weighted by atomic mass is 9.95. The van der Waals surface area contributed by atoms with Crippen molar-refractivity contribution < 1.29 is 33.3 Å². The second-order valence-electron chi connectivity index (χ2n) is 9.00. The van der Waals surface area contributed by atoms with Crippen molar-refractivity contribution >= 4 is 21.7 Å². The summed E-state index contributed by atoms with van der Waals surface area (Å²) < 4.78 is 31.1. The summed E-state index contributed by atoms with van der Waals surface area (Å²) in [5.41, 5.74) is 4.64. The molecular formula is C27H32N2O7S. The first kappa shape index (κ1) is 28.0. The van der Waals surface area contributed by atoms with Crippen LogP contribution >= 0.6 is 0 Å². The lowest BCUT2D eigenvalue weighted by Gasteiger charge is -2.22. The first-order valence-electron chi connectivity index (χ1n) is 11.7. The number of benzene rings is 3. The third-order valence-electron chi connectivity index (χ3n) is 5.89. The van der Waals surface area contributed by atoms with Crippen molar-refractivity contribution in [2.24, 2.45) is 0 Å². The van der Waals surface area contributed by atoms with Crippen molar-refractivity contribution in [2.45, 2.75) is 32.9 Å². The quantitative estimate of drug-likeness (QED) is 0.186. The van der Waals surface area contributed by atoms with Crippen LogP contribution in [0, 0.1) is 13.8 Å². The second kappa shape index (κ2) is 11.6. The van der Waals surface area contributed by atoms with Gasteiger partial charge < -0.3 is 25.4 Å². The van der Waals surface area contributed by atoms with Gasteiger partial charge >= 0.3 is 5.97 Å². The number of phenolic OH excluding ortho intramolecular Hbond substituents is 1. The van der Waals surface area contributed by atoms with E-state index in [4.69, 9.17) is 9.84 Å². The van der Waals surface area contributed by atoms with Crippen LogP contribution in [0.2, 0.25) is 0 Å². The lowest BCUT2D eigenvalue weighted by molar-refractivity contribution is 0.0697. The van der Waals surface area contributed by atoms with E-state index in [-0.39, 0.29) is 23.0 Å². The maximum Gasteiger partial charge on any atom is 0.335 e. The first-order chi connectivity index (χ1) is 17.4. The number of hydrogen-bond donors (Lipinski definition) is 5. The van der Waals surface area contributed by atoms with E-state index in [1.807, 2.05) is 26.0 Å². The van der Waals surface area contributed by atoms with Crippen LogP contribution < -0.4 is 14.8 Å². The molecular weight excluding hydrogens is 496 g/mol. The van der Waals surface area contributed by atoms with Gasteiger partial charge in [-0.1, -0.05) is 18.2 Å². The molecule has 9 nitrogen and oxygen atoms in total. The summed E-state index contributed by atoms with van der Waals surface area (Å²) in [6.45, 7) is 6.53. The van der Waals surface area contributed by atoms with Crippen molar-refractivity contribution in [2.75, 3.05) is 24.1 Å². The van der Waals surface area contributed by atoms with Crippen LogP contribution in [-0.4, -0.2) is 55.2 Å². The van der Waals surface area contributed by atoms with Gasteiger partial charge in [0.15, 0.2) is 0 Å². The van der Waals surface area contributed by atoms with E-state index in [9.17, 15) is 23.4 Å². The zero-order valence-electron chi connectivity index (χ0n) is 21.1. The van der Waals surface area contributed by atoms with Gasteiger partial charge in [0, 0.05) is 12.6 Å². The van der Waals surface area contributed by atoms with Gasteiger partial charge in [0.1, 0.15) is 18.1 Å². The number of phenols is 1. The number of hydrogen-bond acceptors (Lipinski definition) is 7. The Kier molecular flexibility index (Phi) is 8.80. The molecule has 0 aliphatic carbocycles. The van der Waals surface area contributed by atoms with Crippen molar-refractivity contribution in [3.05, 3.63) is 76.9 Å². The van der Waals surface area contributed by atoms with Crippen LogP contribution in [0.4, 0.5) is 5.69 Å². The molecule has 0 saturated carbocycles. The van der Waals surface area contributed by atoms with Gasteiger partial charge in [-0.25, -0.2) is 13.2 Å². The average Bonchev–Trinajstić information content (AvgIpc) is 2.81. The van der Waals surface area contributed by atoms with E-state index < -0.39 is 22.1 Å². The van der Waals surface area contributed by atoms with Gasteiger partial charge in [-0.3, -0.25) is 4.72 Å². The minimum Gasteiger partial charge on any atom is -0.506 e. The highest BCUT2D eigenvalue weighted by Gasteiger charge is 2.18. The Hall–Kier alpha value is -3.60. The van der Waals surface area contributed by atoms with E-state index >= 15 is 0 Å². The number of carboxylic acid groups (broad SMARTS) is 1. The number of ether oxygens (including phenoxy) is 1. The van der Waals surface area contributed by atoms with E-state index in [2.05, 4.69) is 10.0 Å². The predicted molar refractivity (Wildman–Crippen MR) is 143 cm³/mol. The molecule has 3 aromatic carbocycles. The average molecular weight is 529 g/mol. The molecule has 37 heavy (non-hydrogen) atoms. The number of aromatic carboxylic acids is 1. The fourth-order valence-electron chi connectivity index (χ4n) is 4.12. The number of rotatable bonds is 11. The van der Waals surface area contributed by atoms with Crippen LogP contribution in [-0.2, 0) is 10.0 Å². The van der Waals surface area contributed by atoms with Gasteiger partial charge in [-0.15, -0.1) is 0 Å². The topological polar surface area (TPSA) is 145 Å². The third-order valence-corrected chi connectivity index (χ3v) is 6.49. The standard InChI is InChI=1S/C27H32N2O7S/c1-16-13-22(14-17(2)25(16)19-5-7-20(8-6-19)27(32)33)36-12-11-28-18(3)26(31)21-9-10-24(30)23(15-21)29-37(4,34)35/h5-10,13-15,18,26,28-31H,11-12H2,1-4H3,(H,32,33)/t18-,26-/m0/s1. The number of sulfonamides is 1. The van der Waals surface area contributed by atoms with E-state index in [0.29, 0.717) is 24.5 Å². The molecule has 0 fully saturated rings. The number of nitrogens with one attached hydrogen (secondary N) is 2. The molecule has 0 aliphatic heterocycles. The number of carbonyl (C=O) groups is 1. The van der Waals surface area contributed by atoms with E-state index in [1.165, 1.54) is 18.2 Å². The van der Waals surface area contributed by atoms with Crippen LogP contribution in [0.15, 0.2) is 54.6 Å². The molecule has 3 rings (SSSR count). The fourth-order valence-corrected chi connectivity index (χ4v) is 4.68. The third kappa shape index (κ3) is 7.45. The molecule has 0 saturated heterocycles. The van der Waals surface area contributed by atoms with E-state index in [1.54, 1.807) is 31.2 Å². The van der Waals surface area contributed by atoms with Gasteiger partial charge in [0.05, 0.1) is 23.6 Å². The van der Waals surface area contributed by atoms with Crippen molar-refractivity contribution in [3.8, 4) is 22.6 Å². The Morgan fingerprint density at radius 1 is 1.03 bits per heavy atom. The van der Waals surface area contributed by atoms with Crippen molar-refractivity contribution in [1.82, 2.24) is 5.32 Å². The Morgan fingerprint density at radius 3 is 2.22 bits per heavy atom. The summed E-state index contributed by atoms with van der Waals surface area (Å²) in [5.74, 6) is -0.494. The minimum absolute atomic E-state index is 0.00148. The normalized spacial score (nSPS) is 13.1. The molecule has 0 amide bonds. The summed E-state index contributed by atoms with van der Waals surface area (Å²) in [6, 6.07) is 14.5. The summed E-state index contributed by atoms with van der Waals surface area (Å²) in [4.78, 5) is 11.1. The van der Waals surface area contributed by atoms with E-state index in [0.717, 1.165) is 28.5 Å². The number of aromatic hydroxyl groups is 1. The van der Waals surface area contributed by atoms with Gasteiger partial charge in [-0.2, -0.15) is 0 Å². The molecule has 5 N–H and O–H groups in total. The number of anilines is 1. The zero-order chi connectivity index (χ0) is 27.3. The van der Waals surface area contributed by atoms with Gasteiger partial charge in [-0.05, 0) is 85.0 Å². The minimum atomic E-state index is -3.58. The molecule has 0 spiro atoms. The summed E-state index contributed by atoms with van der Waals surface area (Å²) in [5, 5.41) is 32.9.